The van der Waals surface area contributed by atoms with Gasteiger partial charge in [0.05, 0.1) is 5.39 Å². The molecule has 0 spiro atoms. The third kappa shape index (κ3) is 2.73. The van der Waals surface area contributed by atoms with Gasteiger partial charge in [0.25, 0.3) is 0 Å². The molecule has 2 bridgehead atoms. The highest BCUT2D eigenvalue weighted by Gasteiger charge is 2.39. The van der Waals surface area contributed by atoms with E-state index in [1.807, 2.05) is 4.90 Å². The molecule has 5 rings (SSSR count). The number of aromatic nitrogens is 2. The summed E-state index contributed by atoms with van der Waals surface area (Å²) < 4.78 is 16.4. The Morgan fingerprint density at radius 1 is 1.28 bits per heavy atom. The zero-order valence-corrected chi connectivity index (χ0v) is 15.2. The van der Waals surface area contributed by atoms with Crippen molar-refractivity contribution >= 4 is 22.8 Å². The summed E-state index contributed by atoms with van der Waals surface area (Å²) >= 11 is 0. The van der Waals surface area contributed by atoms with E-state index in [1.165, 1.54) is 22.9 Å². The van der Waals surface area contributed by atoms with Crippen LogP contribution in [-0.2, 0) is 0 Å². The van der Waals surface area contributed by atoms with Gasteiger partial charge in [-0.25, -0.2) is 14.2 Å². The quantitative estimate of drug-likeness (QED) is 0.615. The van der Waals surface area contributed by atoms with Crippen LogP contribution in [0.3, 0.4) is 0 Å². The van der Waals surface area contributed by atoms with E-state index in [1.54, 1.807) is 12.1 Å². The van der Waals surface area contributed by atoms with Gasteiger partial charge in [-0.15, -0.1) is 0 Å². The number of benzene rings is 1. The first-order valence-electron chi connectivity index (χ1n) is 9.21. The van der Waals surface area contributed by atoms with Crippen LogP contribution in [0.2, 0.25) is 0 Å². The number of fused-ring (bicyclic) bond motifs is 3. The van der Waals surface area contributed by atoms with Gasteiger partial charge in [-0.1, -0.05) is 0 Å². The van der Waals surface area contributed by atoms with E-state index in [0.29, 0.717) is 12.2 Å². The molecule has 8 nitrogen and oxygen atoms in total. The molecule has 0 saturated carbocycles. The van der Waals surface area contributed by atoms with E-state index >= 15 is 0 Å². The number of pyridine rings is 2. The molecule has 148 valence electrons. The van der Waals surface area contributed by atoms with E-state index in [4.69, 9.17) is 0 Å². The van der Waals surface area contributed by atoms with Crippen molar-refractivity contribution < 1.29 is 19.4 Å². The zero-order valence-electron chi connectivity index (χ0n) is 15.2. The van der Waals surface area contributed by atoms with Crippen LogP contribution in [0.15, 0.2) is 41.3 Å². The number of phenols is 1. The summed E-state index contributed by atoms with van der Waals surface area (Å²) in [5, 5.41) is 22.2. The fourth-order valence-electron chi connectivity index (χ4n) is 4.20. The molecule has 9 heteroatoms. The zero-order chi connectivity index (χ0) is 20.3. The number of aromatic carboxylic acids is 1. The molecule has 2 aliphatic rings. The molecule has 29 heavy (non-hydrogen) atoms. The molecule has 2 fully saturated rings. The van der Waals surface area contributed by atoms with Crippen LogP contribution in [0.1, 0.15) is 16.8 Å². The van der Waals surface area contributed by atoms with Crippen LogP contribution in [-0.4, -0.2) is 50.9 Å². The highest BCUT2D eigenvalue weighted by molar-refractivity contribution is 5.92. The topological polar surface area (TPSA) is 108 Å². The number of phenolic OH excluding ortho intramolecular Hbond substituents is 1. The number of aromatic hydroxyl groups is 1. The van der Waals surface area contributed by atoms with E-state index in [2.05, 4.69) is 10.3 Å². The second-order valence-electron chi connectivity index (χ2n) is 7.38. The standard InChI is InChI=1S/C20H17FN4O4/c21-16-6-14-17(27)15(20(28)29)9-25(11-1-3-13(26)4-2-11)18(14)23-19(16)24-8-10-5-12(24)7-22-10/h1-4,6,9-10,12,22,26H,5,7-8H2,(H,28,29)/t10-,12-/m0/s1. The number of hydrogen-bond acceptors (Lipinski definition) is 6. The average molecular weight is 396 g/mol. The Labute approximate surface area is 163 Å². The number of nitrogens with one attached hydrogen (secondary N) is 1. The molecular weight excluding hydrogens is 379 g/mol. The van der Waals surface area contributed by atoms with Crippen molar-refractivity contribution in [1.29, 1.82) is 0 Å². The molecule has 3 aromatic rings. The lowest BCUT2D eigenvalue weighted by atomic mass is 10.1. The minimum atomic E-state index is -1.41. The number of hydrogen-bond donors (Lipinski definition) is 3. The summed E-state index contributed by atoms with van der Waals surface area (Å²) in [7, 11) is 0. The van der Waals surface area contributed by atoms with Gasteiger partial charge in [0.1, 0.15) is 11.3 Å². The van der Waals surface area contributed by atoms with Gasteiger partial charge in [-0.3, -0.25) is 4.79 Å². The average Bonchev–Trinajstić information content (AvgIpc) is 3.32. The monoisotopic (exact) mass is 396 g/mol. The Bertz CT molecular complexity index is 1210. The number of carboxylic acid groups (broad SMARTS) is 1. The molecule has 1 aromatic carbocycles. The van der Waals surface area contributed by atoms with Crippen LogP contribution >= 0.6 is 0 Å². The van der Waals surface area contributed by atoms with Crippen molar-refractivity contribution in [3.05, 3.63) is 58.1 Å². The van der Waals surface area contributed by atoms with Gasteiger partial charge < -0.3 is 25.0 Å². The minimum absolute atomic E-state index is 0.0397. The van der Waals surface area contributed by atoms with Crippen LogP contribution < -0.4 is 15.6 Å². The summed E-state index contributed by atoms with van der Waals surface area (Å²) in [4.78, 5) is 30.6. The van der Waals surface area contributed by atoms with Gasteiger partial charge >= 0.3 is 5.97 Å². The number of nitrogens with zero attached hydrogens (tertiary/aromatic N) is 3. The predicted molar refractivity (Wildman–Crippen MR) is 103 cm³/mol. The Morgan fingerprint density at radius 2 is 2.03 bits per heavy atom. The van der Waals surface area contributed by atoms with Crippen LogP contribution in [0, 0.1) is 5.82 Å². The first-order chi connectivity index (χ1) is 13.9. The van der Waals surface area contributed by atoms with Gasteiger partial charge in [0.15, 0.2) is 17.3 Å². The summed E-state index contributed by atoms with van der Waals surface area (Å²) in [6.07, 6.45) is 2.09. The summed E-state index contributed by atoms with van der Waals surface area (Å²) in [6.45, 7) is 1.36. The SMILES string of the molecule is O=C(O)c1cn(-c2ccc(O)cc2)c2nc(N3C[C@@H]4C[C@H]3CN4)c(F)cc2c1=O. The number of piperazine rings is 1. The van der Waals surface area contributed by atoms with Gasteiger partial charge in [-0.05, 0) is 36.8 Å². The molecule has 2 aliphatic heterocycles. The molecule has 0 unspecified atom stereocenters. The van der Waals surface area contributed by atoms with E-state index in [-0.39, 0.29) is 34.7 Å². The van der Waals surface area contributed by atoms with Crippen molar-refractivity contribution in [2.75, 3.05) is 18.0 Å². The lowest BCUT2D eigenvalue weighted by Crippen LogP contribution is -2.44. The van der Waals surface area contributed by atoms with Crippen molar-refractivity contribution in [3.63, 3.8) is 0 Å². The van der Waals surface area contributed by atoms with Crippen LogP contribution in [0.4, 0.5) is 10.2 Å². The van der Waals surface area contributed by atoms with E-state index in [0.717, 1.165) is 19.0 Å². The number of anilines is 1. The van der Waals surface area contributed by atoms with Crippen LogP contribution in [0.25, 0.3) is 16.7 Å². The fraction of sp³-hybridized carbons (Fsp3) is 0.250. The smallest absolute Gasteiger partial charge is 0.341 e. The van der Waals surface area contributed by atoms with E-state index < -0.39 is 22.8 Å². The van der Waals surface area contributed by atoms with Gasteiger partial charge in [0, 0.05) is 37.1 Å². The normalized spacial score (nSPS) is 20.5. The lowest BCUT2D eigenvalue weighted by molar-refractivity contribution is 0.0695. The summed E-state index contributed by atoms with van der Waals surface area (Å²) in [5.41, 5.74) is -0.614. The molecule has 2 atom stereocenters. The number of carboxylic acids is 1. The second kappa shape index (κ2) is 6.28. The van der Waals surface area contributed by atoms with Crippen molar-refractivity contribution in [1.82, 2.24) is 14.9 Å². The number of rotatable bonds is 3. The Balaban J connectivity index is 1.78. The maximum atomic E-state index is 14.9. The molecule has 0 amide bonds. The summed E-state index contributed by atoms with van der Waals surface area (Å²) in [6, 6.07) is 7.50. The Morgan fingerprint density at radius 3 is 2.66 bits per heavy atom. The molecule has 2 aromatic heterocycles. The van der Waals surface area contributed by atoms with Crippen molar-refractivity contribution in [2.45, 2.75) is 18.5 Å². The first kappa shape index (κ1) is 17.6. The Kier molecular flexibility index (Phi) is 3.82. The maximum absolute atomic E-state index is 14.9. The van der Waals surface area contributed by atoms with E-state index in [9.17, 15) is 24.2 Å². The fourth-order valence-corrected chi connectivity index (χ4v) is 4.20. The molecule has 4 heterocycles. The number of halogens is 1. The molecular formula is C20H17FN4O4. The molecule has 0 radical (unpaired) electrons. The first-order valence-corrected chi connectivity index (χ1v) is 9.21. The predicted octanol–water partition coefficient (Wildman–Crippen LogP) is 1.48. The summed E-state index contributed by atoms with van der Waals surface area (Å²) in [5.74, 6) is -1.86. The minimum Gasteiger partial charge on any atom is -0.508 e. The third-order valence-corrected chi connectivity index (χ3v) is 5.60. The second-order valence-corrected chi connectivity index (χ2v) is 7.38. The van der Waals surface area contributed by atoms with Crippen molar-refractivity contribution in [3.8, 4) is 11.4 Å². The maximum Gasteiger partial charge on any atom is 0.341 e. The molecule has 3 N–H and O–H groups in total. The molecule has 0 aliphatic carbocycles. The largest absolute Gasteiger partial charge is 0.508 e. The Hall–Kier alpha value is -3.46. The van der Waals surface area contributed by atoms with Crippen LogP contribution in [0.5, 0.6) is 5.75 Å². The third-order valence-electron chi connectivity index (χ3n) is 5.60. The lowest BCUT2D eigenvalue weighted by Gasteiger charge is -2.29. The van der Waals surface area contributed by atoms with Gasteiger partial charge in [0.2, 0.25) is 5.43 Å². The number of carbonyl (C=O) groups is 1. The highest BCUT2D eigenvalue weighted by Crippen LogP contribution is 2.31. The van der Waals surface area contributed by atoms with Gasteiger partial charge in [-0.2, -0.15) is 0 Å². The highest BCUT2D eigenvalue weighted by atomic mass is 19.1. The molecule has 2 saturated heterocycles. The van der Waals surface area contributed by atoms with Crippen molar-refractivity contribution in [2.24, 2.45) is 0 Å².